The Balaban J connectivity index is 0.988. The summed E-state index contributed by atoms with van der Waals surface area (Å²) >= 11 is 0. The second-order valence-corrected chi connectivity index (χ2v) is 17.5. The Morgan fingerprint density at radius 1 is 0.850 bits per heavy atom. The fraction of sp³-hybridized carbons (Fsp3) is 0.400. The maximum atomic E-state index is 14.6. The van der Waals surface area contributed by atoms with E-state index in [0.717, 1.165) is 12.2 Å². The van der Waals surface area contributed by atoms with Crippen LogP contribution in [0.4, 0.5) is 11.8 Å². The van der Waals surface area contributed by atoms with Crippen molar-refractivity contribution in [1.29, 1.82) is 0 Å². The number of benzene rings is 2. The van der Waals surface area contributed by atoms with Crippen molar-refractivity contribution in [1.82, 2.24) is 49.0 Å². The van der Waals surface area contributed by atoms with Crippen molar-refractivity contribution in [2.75, 3.05) is 63.2 Å². The number of nitrogens with zero attached hydrogens (tertiary/aromatic N) is 9. The van der Waals surface area contributed by atoms with E-state index in [0.29, 0.717) is 58.4 Å². The lowest BCUT2D eigenvalue weighted by molar-refractivity contribution is -0.121. The molecule has 8 rings (SSSR count). The van der Waals surface area contributed by atoms with Crippen LogP contribution < -0.4 is 16.0 Å². The van der Waals surface area contributed by atoms with E-state index in [1.165, 1.54) is 12.7 Å². The highest BCUT2D eigenvalue weighted by atomic mass is 31.2. The van der Waals surface area contributed by atoms with Gasteiger partial charge in [0.15, 0.2) is 22.6 Å². The normalized spacial score (nSPS) is 20.9. The number of fused-ring (bicyclic) bond motifs is 2. The third-order valence-corrected chi connectivity index (χ3v) is 12.1. The molecule has 2 aliphatic heterocycles. The van der Waals surface area contributed by atoms with Crippen molar-refractivity contribution < 1.29 is 32.9 Å². The Morgan fingerprint density at radius 3 is 2.30 bits per heavy atom. The summed E-state index contributed by atoms with van der Waals surface area (Å²) in [4.78, 5) is 53.2. The molecule has 0 bridgehead atoms. The molecule has 2 fully saturated rings. The first-order chi connectivity index (χ1) is 29.0. The number of ether oxygens (including phenoxy) is 3. The van der Waals surface area contributed by atoms with E-state index in [1.807, 2.05) is 23.6 Å². The number of anilines is 2. The van der Waals surface area contributed by atoms with E-state index in [1.54, 1.807) is 70.8 Å². The summed E-state index contributed by atoms with van der Waals surface area (Å²) in [5, 5.41) is 9.52. The van der Waals surface area contributed by atoms with Crippen LogP contribution in [0.3, 0.4) is 0 Å². The van der Waals surface area contributed by atoms with Crippen molar-refractivity contribution in [3.8, 4) is 0 Å². The Hall–Kier alpha value is -5.69. The van der Waals surface area contributed by atoms with Crippen LogP contribution in [0, 0.1) is 12.8 Å². The van der Waals surface area contributed by atoms with Gasteiger partial charge < -0.3 is 34.7 Å². The molecule has 0 saturated carbocycles. The van der Waals surface area contributed by atoms with E-state index in [-0.39, 0.29) is 38.0 Å². The van der Waals surface area contributed by atoms with Crippen LogP contribution in [0.25, 0.3) is 22.3 Å². The summed E-state index contributed by atoms with van der Waals surface area (Å²) in [5.41, 5.74) is 3.62. The van der Waals surface area contributed by atoms with Gasteiger partial charge in [0.25, 0.3) is 13.4 Å². The molecule has 19 nitrogen and oxygen atoms in total. The lowest BCUT2D eigenvalue weighted by Crippen LogP contribution is -2.47. The number of aryl methyl sites for hydroxylation is 1. The summed E-state index contributed by atoms with van der Waals surface area (Å²) in [7, 11) is -3.55. The van der Waals surface area contributed by atoms with Crippen LogP contribution in [0.15, 0.2) is 79.6 Å². The van der Waals surface area contributed by atoms with Gasteiger partial charge in [-0.05, 0) is 37.1 Å². The van der Waals surface area contributed by atoms with Crippen LogP contribution in [0.1, 0.15) is 52.7 Å². The highest BCUT2D eigenvalue weighted by Crippen LogP contribution is 2.50. The predicted molar refractivity (Wildman–Crippen MR) is 222 cm³/mol. The number of carbonyl (C=O) groups is 2. The lowest BCUT2D eigenvalue weighted by Gasteiger charge is -2.40. The topological polar surface area (TPSA) is 215 Å². The number of morpholine rings is 2. The van der Waals surface area contributed by atoms with Crippen LogP contribution >= 0.6 is 7.52 Å². The van der Waals surface area contributed by atoms with E-state index < -0.39 is 38.2 Å². The van der Waals surface area contributed by atoms with Gasteiger partial charge in [0.2, 0.25) is 5.95 Å². The minimum Gasteiger partial charge on any atom is -0.459 e. The van der Waals surface area contributed by atoms with E-state index >= 15 is 0 Å². The first-order valence-electron chi connectivity index (χ1n) is 19.7. The average Bonchev–Trinajstić information content (AvgIpc) is 3.91. The molecule has 0 unspecified atom stereocenters. The number of aromatic nitrogens is 8. The van der Waals surface area contributed by atoms with Crippen molar-refractivity contribution in [2.45, 2.75) is 45.4 Å². The maximum Gasteiger partial charge on any atom is 0.338 e. The summed E-state index contributed by atoms with van der Waals surface area (Å²) in [6.45, 7) is 9.50. The van der Waals surface area contributed by atoms with E-state index in [4.69, 9.17) is 23.7 Å². The predicted octanol–water partition coefficient (Wildman–Crippen LogP) is 4.68. The number of rotatable bonds is 14. The van der Waals surface area contributed by atoms with E-state index in [2.05, 4.69) is 54.7 Å². The summed E-state index contributed by atoms with van der Waals surface area (Å²) in [5.74, 6) is 0.275. The van der Waals surface area contributed by atoms with Gasteiger partial charge in [-0.15, -0.1) is 0 Å². The number of hydrogen-bond donors (Lipinski definition) is 3. The van der Waals surface area contributed by atoms with Crippen molar-refractivity contribution in [3.05, 3.63) is 96.5 Å². The SMILES string of the molecule is Cc1nc(NCC(C)C)nc2c1ncn2[C@H]1CNC[C@@H](CO[P@](C)(=O)N2C[C@@H](COC(=O)c3ccccc3)O[C@@H](n3cnc4c(NC(=O)c5ccccc5)ncnc43)C2)O1. The minimum absolute atomic E-state index is 0.0144. The second-order valence-electron chi connectivity index (χ2n) is 15.1. The molecule has 2 aromatic carbocycles. The van der Waals surface area contributed by atoms with Gasteiger partial charge in [0.1, 0.15) is 37.0 Å². The monoisotopic (exact) mass is 838 g/mol. The highest BCUT2D eigenvalue weighted by molar-refractivity contribution is 7.55. The van der Waals surface area contributed by atoms with Gasteiger partial charge in [0.05, 0.1) is 43.2 Å². The van der Waals surface area contributed by atoms with E-state index in [9.17, 15) is 14.2 Å². The third-order valence-electron chi connectivity index (χ3n) is 10.1. The molecule has 60 heavy (non-hydrogen) atoms. The Labute approximate surface area is 345 Å². The van der Waals surface area contributed by atoms with Gasteiger partial charge in [-0.1, -0.05) is 50.2 Å². The van der Waals surface area contributed by atoms with Crippen LogP contribution in [-0.4, -0.2) is 120 Å². The standard InChI is InChI=1S/C40H47N12O7P/c1-25(2)15-42-40-47-26(3)33-37(49-40)51(23-45-33)31-17-41-16-29(58-31)21-57-60(4,55)50-18-30(20-56-39(54)28-13-9-6-10-14-28)59-32(19-50)52-24-46-34-35(43-22-44-36(34)52)48-38(53)27-11-7-5-8-12-27/h5-14,22-25,29-32,41H,15-21H2,1-4H3,(H,42,47,49)(H,43,44,48,53)/t29-,30-,31+,32+,60-/m0/s1. The van der Waals surface area contributed by atoms with Gasteiger partial charge in [-0.2, -0.15) is 4.98 Å². The number of hydrogen-bond acceptors (Lipinski definition) is 15. The fourth-order valence-corrected chi connectivity index (χ4v) is 8.51. The number of esters is 1. The van der Waals surface area contributed by atoms with Crippen LogP contribution in [0.2, 0.25) is 0 Å². The molecule has 2 saturated heterocycles. The number of nitrogens with one attached hydrogen (secondary N) is 3. The van der Waals surface area contributed by atoms with Crippen molar-refractivity contribution in [2.24, 2.45) is 5.92 Å². The third kappa shape index (κ3) is 9.21. The maximum absolute atomic E-state index is 14.6. The number of carbonyl (C=O) groups excluding carboxylic acids is 2. The zero-order chi connectivity index (χ0) is 41.8. The molecular weight excluding hydrogens is 791 g/mol. The molecule has 1 amide bonds. The fourth-order valence-electron chi connectivity index (χ4n) is 6.98. The zero-order valence-corrected chi connectivity index (χ0v) is 34.6. The Morgan fingerprint density at radius 2 is 1.55 bits per heavy atom. The zero-order valence-electron chi connectivity index (χ0n) is 33.7. The molecule has 0 radical (unpaired) electrons. The van der Waals surface area contributed by atoms with Crippen LogP contribution in [0.5, 0.6) is 0 Å². The number of amides is 1. The molecule has 3 N–H and O–H groups in total. The Kier molecular flexibility index (Phi) is 12.2. The quantitative estimate of drug-likeness (QED) is 0.100. The van der Waals surface area contributed by atoms with Gasteiger partial charge in [-0.25, -0.2) is 34.4 Å². The summed E-state index contributed by atoms with van der Waals surface area (Å²) in [6, 6.07) is 17.4. The molecule has 6 heterocycles. The van der Waals surface area contributed by atoms with Gasteiger partial charge in [0, 0.05) is 38.4 Å². The average molecular weight is 839 g/mol. The first-order valence-corrected chi connectivity index (χ1v) is 21.7. The second kappa shape index (κ2) is 17.9. The summed E-state index contributed by atoms with van der Waals surface area (Å²) < 4.78 is 44.8. The molecule has 20 heteroatoms. The van der Waals surface area contributed by atoms with Gasteiger partial charge >= 0.3 is 5.97 Å². The summed E-state index contributed by atoms with van der Waals surface area (Å²) in [6.07, 6.45) is 2.10. The molecule has 0 spiro atoms. The highest BCUT2D eigenvalue weighted by Gasteiger charge is 2.39. The lowest BCUT2D eigenvalue weighted by atomic mass is 10.2. The van der Waals surface area contributed by atoms with Gasteiger partial charge in [-0.3, -0.25) is 18.5 Å². The smallest absolute Gasteiger partial charge is 0.338 e. The molecular formula is C40H47N12O7P. The Bertz CT molecular complexity index is 2500. The first kappa shape index (κ1) is 41.1. The number of imidazole rings is 2. The molecule has 2 aliphatic rings. The minimum atomic E-state index is -3.55. The van der Waals surface area contributed by atoms with Crippen molar-refractivity contribution in [3.63, 3.8) is 0 Å². The molecule has 5 atom stereocenters. The molecule has 314 valence electrons. The molecule has 6 aromatic rings. The molecule has 4 aromatic heterocycles. The van der Waals surface area contributed by atoms with Crippen LogP contribution in [-0.2, 0) is 23.3 Å². The molecule has 0 aliphatic carbocycles. The largest absolute Gasteiger partial charge is 0.459 e. The van der Waals surface area contributed by atoms with Crippen molar-refractivity contribution >= 4 is 53.5 Å².